The van der Waals surface area contributed by atoms with Crippen LogP contribution in [0.15, 0.2) is 30.3 Å². The van der Waals surface area contributed by atoms with Gasteiger partial charge >= 0.3 is 12.1 Å². The van der Waals surface area contributed by atoms with Gasteiger partial charge in [-0.05, 0) is 5.56 Å². The standard InChI is InChI=1S/C13H17N3O3/c14-12(17)15-6-8-16(9-7-15)13(18)19-10-11-4-2-1-3-5-11/h1-5H,6-10H2,(H2,14,17). The summed E-state index contributed by atoms with van der Waals surface area (Å²) in [7, 11) is 0. The second kappa shape index (κ2) is 6.08. The molecule has 1 aliphatic heterocycles. The van der Waals surface area contributed by atoms with Gasteiger partial charge in [0.1, 0.15) is 6.61 Å². The Kier molecular flexibility index (Phi) is 4.22. The van der Waals surface area contributed by atoms with E-state index in [9.17, 15) is 9.59 Å². The van der Waals surface area contributed by atoms with E-state index >= 15 is 0 Å². The number of hydrogen-bond donors (Lipinski definition) is 1. The molecule has 2 rings (SSSR count). The first-order valence-corrected chi connectivity index (χ1v) is 6.17. The van der Waals surface area contributed by atoms with Gasteiger partial charge in [-0.15, -0.1) is 0 Å². The summed E-state index contributed by atoms with van der Waals surface area (Å²) in [5, 5.41) is 0. The van der Waals surface area contributed by atoms with E-state index in [1.54, 1.807) is 4.90 Å². The molecule has 0 spiro atoms. The number of nitrogens with two attached hydrogens (primary N) is 1. The second-order valence-electron chi connectivity index (χ2n) is 4.35. The van der Waals surface area contributed by atoms with Gasteiger partial charge in [-0.25, -0.2) is 9.59 Å². The van der Waals surface area contributed by atoms with Gasteiger partial charge in [0.25, 0.3) is 0 Å². The number of benzene rings is 1. The molecule has 0 bridgehead atoms. The molecule has 1 heterocycles. The summed E-state index contributed by atoms with van der Waals surface area (Å²) in [5.74, 6) is 0. The molecular weight excluding hydrogens is 246 g/mol. The van der Waals surface area contributed by atoms with Crippen LogP contribution in [0.2, 0.25) is 0 Å². The number of amides is 3. The normalized spacial score (nSPS) is 15.2. The third-order valence-corrected chi connectivity index (χ3v) is 3.05. The van der Waals surface area contributed by atoms with Crippen molar-refractivity contribution in [1.82, 2.24) is 9.80 Å². The van der Waals surface area contributed by atoms with Crippen molar-refractivity contribution in [2.45, 2.75) is 6.61 Å². The van der Waals surface area contributed by atoms with Crippen molar-refractivity contribution in [2.24, 2.45) is 5.73 Å². The van der Waals surface area contributed by atoms with Crippen molar-refractivity contribution in [3.8, 4) is 0 Å². The van der Waals surface area contributed by atoms with Gasteiger partial charge in [0.15, 0.2) is 0 Å². The van der Waals surface area contributed by atoms with Crippen LogP contribution in [0.1, 0.15) is 5.56 Å². The number of rotatable bonds is 2. The molecule has 0 aromatic heterocycles. The molecule has 6 heteroatoms. The molecule has 1 saturated heterocycles. The number of urea groups is 1. The van der Waals surface area contributed by atoms with E-state index in [0.29, 0.717) is 26.2 Å². The minimum Gasteiger partial charge on any atom is -0.445 e. The summed E-state index contributed by atoms with van der Waals surface area (Å²) in [6, 6.07) is 9.06. The number of nitrogens with zero attached hydrogens (tertiary/aromatic N) is 2. The van der Waals surface area contributed by atoms with Gasteiger partial charge in [0.2, 0.25) is 0 Å². The zero-order valence-electron chi connectivity index (χ0n) is 10.6. The van der Waals surface area contributed by atoms with Crippen LogP contribution in [0.5, 0.6) is 0 Å². The summed E-state index contributed by atoms with van der Waals surface area (Å²) in [6.45, 7) is 2.08. The minimum absolute atomic E-state index is 0.260. The highest BCUT2D eigenvalue weighted by Crippen LogP contribution is 2.06. The molecule has 19 heavy (non-hydrogen) atoms. The summed E-state index contributed by atoms with van der Waals surface area (Å²) in [4.78, 5) is 25.9. The van der Waals surface area contributed by atoms with Crippen molar-refractivity contribution >= 4 is 12.1 Å². The molecule has 0 radical (unpaired) electrons. The van der Waals surface area contributed by atoms with Gasteiger partial charge < -0.3 is 20.3 Å². The fourth-order valence-electron chi connectivity index (χ4n) is 1.92. The van der Waals surface area contributed by atoms with E-state index in [2.05, 4.69) is 0 Å². The Bertz CT molecular complexity index is 442. The number of carbonyl (C=O) groups is 2. The molecule has 1 aliphatic rings. The van der Waals surface area contributed by atoms with Crippen molar-refractivity contribution in [2.75, 3.05) is 26.2 Å². The third kappa shape index (κ3) is 3.61. The summed E-state index contributed by atoms with van der Waals surface area (Å²) < 4.78 is 5.22. The smallest absolute Gasteiger partial charge is 0.410 e. The van der Waals surface area contributed by atoms with Gasteiger partial charge in [-0.3, -0.25) is 0 Å². The van der Waals surface area contributed by atoms with E-state index in [4.69, 9.17) is 10.5 Å². The highest BCUT2D eigenvalue weighted by atomic mass is 16.6. The Labute approximate surface area is 111 Å². The summed E-state index contributed by atoms with van der Waals surface area (Å²) >= 11 is 0. The lowest BCUT2D eigenvalue weighted by atomic mass is 10.2. The van der Waals surface area contributed by atoms with Gasteiger partial charge in [0, 0.05) is 26.2 Å². The lowest BCUT2D eigenvalue weighted by Crippen LogP contribution is -2.52. The van der Waals surface area contributed by atoms with Crippen LogP contribution in [0.3, 0.4) is 0 Å². The molecular formula is C13H17N3O3. The maximum Gasteiger partial charge on any atom is 0.410 e. The average Bonchev–Trinajstić information content (AvgIpc) is 2.46. The predicted octanol–water partition coefficient (Wildman–Crippen LogP) is 1.02. The van der Waals surface area contributed by atoms with E-state index in [-0.39, 0.29) is 12.7 Å². The quantitative estimate of drug-likeness (QED) is 0.865. The molecule has 1 fully saturated rings. The third-order valence-electron chi connectivity index (χ3n) is 3.05. The Hall–Kier alpha value is -2.24. The van der Waals surface area contributed by atoms with Crippen molar-refractivity contribution < 1.29 is 14.3 Å². The zero-order chi connectivity index (χ0) is 13.7. The molecule has 0 aliphatic carbocycles. The predicted molar refractivity (Wildman–Crippen MR) is 69.4 cm³/mol. The second-order valence-corrected chi connectivity index (χ2v) is 4.35. The fourth-order valence-corrected chi connectivity index (χ4v) is 1.92. The van der Waals surface area contributed by atoms with E-state index in [1.165, 1.54) is 4.90 Å². The molecule has 0 atom stereocenters. The molecule has 2 N–H and O–H groups in total. The Morgan fingerprint density at radius 3 is 2.21 bits per heavy atom. The lowest BCUT2D eigenvalue weighted by Gasteiger charge is -2.32. The van der Waals surface area contributed by atoms with E-state index in [1.807, 2.05) is 30.3 Å². The first kappa shape index (κ1) is 13.2. The summed E-state index contributed by atoms with van der Waals surface area (Å²) in [5.41, 5.74) is 6.13. The molecule has 1 aromatic rings. The molecule has 0 saturated carbocycles. The Morgan fingerprint density at radius 2 is 1.63 bits per heavy atom. The lowest BCUT2D eigenvalue weighted by molar-refractivity contribution is 0.0778. The SMILES string of the molecule is NC(=O)N1CCN(C(=O)OCc2ccccc2)CC1. The molecule has 0 unspecified atom stereocenters. The highest BCUT2D eigenvalue weighted by Gasteiger charge is 2.23. The van der Waals surface area contributed by atoms with Crippen LogP contribution in [0.25, 0.3) is 0 Å². The van der Waals surface area contributed by atoms with Gasteiger partial charge in [-0.2, -0.15) is 0 Å². The van der Waals surface area contributed by atoms with E-state index in [0.717, 1.165) is 5.56 Å². The van der Waals surface area contributed by atoms with Crippen molar-refractivity contribution in [1.29, 1.82) is 0 Å². The highest BCUT2D eigenvalue weighted by molar-refractivity contribution is 5.73. The van der Waals surface area contributed by atoms with Crippen molar-refractivity contribution in [3.63, 3.8) is 0 Å². The van der Waals surface area contributed by atoms with Gasteiger partial charge in [0.05, 0.1) is 0 Å². The van der Waals surface area contributed by atoms with Crippen LogP contribution in [-0.4, -0.2) is 48.1 Å². The van der Waals surface area contributed by atoms with E-state index < -0.39 is 6.03 Å². The fraction of sp³-hybridized carbons (Fsp3) is 0.385. The maximum absolute atomic E-state index is 11.8. The number of ether oxygens (including phenoxy) is 1. The zero-order valence-corrected chi connectivity index (χ0v) is 10.6. The molecule has 102 valence electrons. The minimum atomic E-state index is -0.447. The van der Waals surface area contributed by atoms with Gasteiger partial charge in [-0.1, -0.05) is 30.3 Å². The first-order chi connectivity index (χ1) is 9.16. The number of hydrogen-bond acceptors (Lipinski definition) is 3. The maximum atomic E-state index is 11.8. The van der Waals surface area contributed by atoms with Crippen LogP contribution in [-0.2, 0) is 11.3 Å². The topological polar surface area (TPSA) is 75.9 Å². The largest absolute Gasteiger partial charge is 0.445 e. The monoisotopic (exact) mass is 263 g/mol. The van der Waals surface area contributed by atoms with Crippen LogP contribution < -0.4 is 5.73 Å². The molecule has 1 aromatic carbocycles. The van der Waals surface area contributed by atoms with Crippen LogP contribution >= 0.6 is 0 Å². The summed E-state index contributed by atoms with van der Waals surface area (Å²) in [6.07, 6.45) is -0.354. The Balaban J connectivity index is 1.77. The molecule has 6 nitrogen and oxygen atoms in total. The molecule has 3 amide bonds. The van der Waals surface area contributed by atoms with Crippen LogP contribution in [0.4, 0.5) is 9.59 Å². The number of piperazine rings is 1. The van der Waals surface area contributed by atoms with Crippen LogP contribution in [0, 0.1) is 0 Å². The number of carbonyl (C=O) groups excluding carboxylic acids is 2. The number of primary amides is 1. The first-order valence-electron chi connectivity index (χ1n) is 6.17. The van der Waals surface area contributed by atoms with Crippen molar-refractivity contribution in [3.05, 3.63) is 35.9 Å². The Morgan fingerprint density at radius 1 is 1.05 bits per heavy atom. The average molecular weight is 263 g/mol.